The maximum atomic E-state index is 12.3. The predicted octanol–water partition coefficient (Wildman–Crippen LogP) is 3.87. The molecule has 2 rings (SSSR count). The smallest absolute Gasteiger partial charge is 0.407 e. The summed E-state index contributed by atoms with van der Waals surface area (Å²) in [6.45, 7) is 12.2. The van der Waals surface area contributed by atoms with Crippen molar-refractivity contribution in [2.75, 3.05) is 19.8 Å². The van der Waals surface area contributed by atoms with Crippen molar-refractivity contribution in [1.29, 1.82) is 0 Å². The number of nitrogens with zero attached hydrogens (tertiary/aromatic N) is 2. The molecule has 1 aliphatic carbocycles. The monoisotopic (exact) mass is 439 g/mol. The highest BCUT2D eigenvalue weighted by molar-refractivity contribution is 5.91. The highest BCUT2D eigenvalue weighted by Gasteiger charge is 2.28. The Bertz CT molecular complexity index is 717. The fourth-order valence-electron chi connectivity index (χ4n) is 3.40. The van der Waals surface area contributed by atoms with E-state index < -0.39 is 11.6 Å². The van der Waals surface area contributed by atoms with Crippen LogP contribution in [-0.4, -0.2) is 59.4 Å². The van der Waals surface area contributed by atoms with E-state index in [1.165, 1.54) is 0 Å². The molecule has 0 saturated heterocycles. The molecule has 0 radical (unpaired) electrons. The van der Waals surface area contributed by atoms with Gasteiger partial charge in [0, 0.05) is 12.2 Å². The van der Waals surface area contributed by atoms with Gasteiger partial charge in [-0.15, -0.1) is 5.10 Å². The Morgan fingerprint density at radius 3 is 2.45 bits per heavy atom. The van der Waals surface area contributed by atoms with Crippen LogP contribution in [0, 0.1) is 0 Å². The number of rotatable bonds is 9. The summed E-state index contributed by atoms with van der Waals surface area (Å²) < 4.78 is 23.5. The number of aromatic nitrogens is 2. The van der Waals surface area contributed by atoms with Gasteiger partial charge in [0.15, 0.2) is 0 Å². The maximum Gasteiger partial charge on any atom is 0.407 e. The first-order valence-corrected chi connectivity index (χ1v) is 11.1. The molecular formula is C22H37N3O6. The molecule has 0 aromatic carbocycles. The molecule has 0 spiro atoms. The minimum absolute atomic E-state index is 0.0649. The minimum atomic E-state index is -0.517. The number of esters is 1. The third kappa shape index (κ3) is 8.40. The number of ether oxygens (including phenoxy) is 4. The highest BCUT2D eigenvalue weighted by Crippen LogP contribution is 2.30. The van der Waals surface area contributed by atoms with E-state index in [2.05, 4.69) is 10.4 Å². The Morgan fingerprint density at radius 1 is 1.19 bits per heavy atom. The third-order valence-corrected chi connectivity index (χ3v) is 4.76. The number of nitrogens with one attached hydrogen (secondary N) is 1. The van der Waals surface area contributed by atoms with Gasteiger partial charge in [-0.05, 0) is 67.2 Å². The molecule has 1 amide bonds. The lowest BCUT2D eigenvalue weighted by atomic mass is 9.91. The Kier molecular flexibility index (Phi) is 9.15. The lowest BCUT2D eigenvalue weighted by molar-refractivity contribution is 0.0480. The van der Waals surface area contributed by atoms with Crippen LogP contribution in [0.25, 0.3) is 0 Å². The van der Waals surface area contributed by atoms with Crippen LogP contribution in [0.15, 0.2) is 6.20 Å². The van der Waals surface area contributed by atoms with Crippen LogP contribution < -0.4 is 10.1 Å². The van der Waals surface area contributed by atoms with Crippen LogP contribution >= 0.6 is 0 Å². The Labute approximate surface area is 184 Å². The fourth-order valence-corrected chi connectivity index (χ4v) is 3.40. The van der Waals surface area contributed by atoms with Gasteiger partial charge in [-0.2, -0.15) is 0 Å². The Morgan fingerprint density at radius 2 is 1.87 bits per heavy atom. The molecule has 1 fully saturated rings. The SMILES string of the molecule is CCOC(=O)c1cn(C2CCC(NC(=O)OC(C)(C)C)CC2)nc1OCCOC(C)C. The van der Waals surface area contributed by atoms with Crippen molar-refractivity contribution in [3.05, 3.63) is 11.8 Å². The van der Waals surface area contributed by atoms with Crippen molar-refractivity contribution >= 4 is 12.1 Å². The van der Waals surface area contributed by atoms with E-state index in [4.69, 9.17) is 18.9 Å². The third-order valence-electron chi connectivity index (χ3n) is 4.76. The summed E-state index contributed by atoms with van der Waals surface area (Å²) in [6, 6.07) is 0.184. The molecule has 0 aliphatic heterocycles. The van der Waals surface area contributed by atoms with Crippen LogP contribution in [0.4, 0.5) is 4.79 Å². The molecule has 1 saturated carbocycles. The molecule has 9 nitrogen and oxygen atoms in total. The molecule has 0 bridgehead atoms. The molecule has 176 valence electrons. The summed E-state index contributed by atoms with van der Waals surface area (Å²) in [4.78, 5) is 24.3. The number of hydrogen-bond acceptors (Lipinski definition) is 7. The van der Waals surface area contributed by atoms with Crippen molar-refractivity contribution in [3.63, 3.8) is 0 Å². The van der Waals surface area contributed by atoms with Gasteiger partial charge in [0.2, 0.25) is 5.88 Å². The minimum Gasteiger partial charge on any atom is -0.474 e. The lowest BCUT2D eigenvalue weighted by Crippen LogP contribution is -2.41. The van der Waals surface area contributed by atoms with Crippen molar-refractivity contribution in [1.82, 2.24) is 15.1 Å². The number of carbonyl (C=O) groups excluding carboxylic acids is 2. The first-order valence-electron chi connectivity index (χ1n) is 11.1. The van der Waals surface area contributed by atoms with E-state index in [0.717, 1.165) is 25.7 Å². The summed E-state index contributed by atoms with van der Waals surface area (Å²) in [5.74, 6) is -0.186. The van der Waals surface area contributed by atoms with Gasteiger partial charge in [0.25, 0.3) is 0 Å². The van der Waals surface area contributed by atoms with Gasteiger partial charge >= 0.3 is 12.1 Å². The topological polar surface area (TPSA) is 101 Å². The van der Waals surface area contributed by atoms with Crippen LogP contribution in [-0.2, 0) is 14.2 Å². The normalized spacial score (nSPS) is 19.2. The van der Waals surface area contributed by atoms with Crippen molar-refractivity contribution < 1.29 is 28.5 Å². The highest BCUT2D eigenvalue weighted by atomic mass is 16.6. The molecule has 1 N–H and O–H groups in total. The Hall–Kier alpha value is -2.29. The summed E-state index contributed by atoms with van der Waals surface area (Å²) in [5.41, 5.74) is -0.198. The molecule has 1 heterocycles. The zero-order valence-electron chi connectivity index (χ0n) is 19.6. The van der Waals surface area contributed by atoms with E-state index in [1.54, 1.807) is 17.8 Å². The van der Waals surface area contributed by atoms with Crippen molar-refractivity contribution in [2.45, 2.75) is 91.0 Å². The van der Waals surface area contributed by atoms with E-state index in [-0.39, 0.29) is 36.8 Å². The zero-order valence-corrected chi connectivity index (χ0v) is 19.6. The van der Waals surface area contributed by atoms with E-state index in [9.17, 15) is 9.59 Å². The van der Waals surface area contributed by atoms with Gasteiger partial charge in [-0.1, -0.05) is 0 Å². The van der Waals surface area contributed by atoms with Crippen LogP contribution in [0.2, 0.25) is 0 Å². The average Bonchev–Trinajstić information content (AvgIpc) is 3.08. The number of carbonyl (C=O) groups is 2. The second-order valence-corrected chi connectivity index (χ2v) is 8.97. The van der Waals surface area contributed by atoms with Gasteiger partial charge in [-0.3, -0.25) is 4.68 Å². The molecule has 31 heavy (non-hydrogen) atoms. The summed E-state index contributed by atoms with van der Waals surface area (Å²) in [6.07, 6.45) is 4.66. The largest absolute Gasteiger partial charge is 0.474 e. The zero-order chi connectivity index (χ0) is 23.0. The first kappa shape index (κ1) is 25.0. The molecule has 1 aromatic heterocycles. The maximum absolute atomic E-state index is 12.3. The fraction of sp³-hybridized carbons (Fsp3) is 0.773. The van der Waals surface area contributed by atoms with Gasteiger partial charge < -0.3 is 24.3 Å². The standard InChI is InChI=1S/C22H37N3O6/c1-7-28-20(26)18-14-25(24-19(18)30-13-12-29-15(2)3)17-10-8-16(9-11-17)23-21(27)31-22(4,5)6/h14-17H,7-13H2,1-6H3,(H,23,27). The lowest BCUT2D eigenvalue weighted by Gasteiger charge is -2.30. The van der Waals surface area contributed by atoms with E-state index in [0.29, 0.717) is 18.8 Å². The second-order valence-electron chi connectivity index (χ2n) is 8.97. The molecule has 1 aliphatic rings. The quantitative estimate of drug-likeness (QED) is 0.460. The first-order chi connectivity index (χ1) is 14.6. The van der Waals surface area contributed by atoms with Crippen LogP contribution in [0.5, 0.6) is 5.88 Å². The van der Waals surface area contributed by atoms with Crippen LogP contribution in [0.1, 0.15) is 83.6 Å². The van der Waals surface area contributed by atoms with Crippen molar-refractivity contribution in [2.24, 2.45) is 0 Å². The van der Waals surface area contributed by atoms with Gasteiger partial charge in [0.05, 0.1) is 25.4 Å². The predicted molar refractivity (Wildman–Crippen MR) is 115 cm³/mol. The van der Waals surface area contributed by atoms with E-state index in [1.807, 2.05) is 34.6 Å². The van der Waals surface area contributed by atoms with Crippen LogP contribution in [0.3, 0.4) is 0 Å². The summed E-state index contributed by atoms with van der Waals surface area (Å²) in [5, 5.41) is 7.45. The average molecular weight is 440 g/mol. The van der Waals surface area contributed by atoms with Crippen molar-refractivity contribution in [3.8, 4) is 5.88 Å². The van der Waals surface area contributed by atoms with E-state index >= 15 is 0 Å². The molecule has 0 unspecified atom stereocenters. The molecular weight excluding hydrogens is 402 g/mol. The molecule has 1 aromatic rings. The van der Waals surface area contributed by atoms with Gasteiger partial charge in [0.1, 0.15) is 17.8 Å². The van der Waals surface area contributed by atoms with Gasteiger partial charge in [-0.25, -0.2) is 9.59 Å². The second kappa shape index (κ2) is 11.4. The Balaban J connectivity index is 1.96. The number of alkyl carbamates (subject to hydrolysis) is 1. The molecule has 9 heteroatoms. The molecule has 0 atom stereocenters. The number of amides is 1. The number of hydrogen-bond donors (Lipinski definition) is 1. The summed E-state index contributed by atoms with van der Waals surface area (Å²) >= 11 is 0. The summed E-state index contributed by atoms with van der Waals surface area (Å²) in [7, 11) is 0.